The molecule has 2 aliphatic rings. The van der Waals surface area contributed by atoms with Crippen LogP contribution >= 0.6 is 11.8 Å². The lowest BCUT2D eigenvalue weighted by molar-refractivity contribution is 0.245. The second kappa shape index (κ2) is 9.69. The maximum atomic E-state index is 13.4. The minimum Gasteiger partial charge on any atom is -0.334 e. The van der Waals surface area contributed by atoms with Gasteiger partial charge in [-0.15, -0.1) is 11.8 Å². The molecule has 1 saturated carbocycles. The van der Waals surface area contributed by atoms with E-state index in [4.69, 9.17) is 4.98 Å². The lowest BCUT2D eigenvalue weighted by atomic mass is 9.84. The number of nitrogens with zero attached hydrogens (tertiary/aromatic N) is 3. The largest absolute Gasteiger partial charge is 0.334 e. The minimum absolute atomic E-state index is 0.0426. The average molecular weight is 490 g/mol. The number of urea groups is 1. The SMILES string of the molecule is CCSc1ccc(CNC(=O)N2CC3(CCCC3)c3nc(-c4c(C(C)C)n[nH]c4C)ccc32)cc1. The molecule has 7 heteroatoms. The summed E-state index contributed by atoms with van der Waals surface area (Å²) in [6, 6.07) is 12.6. The van der Waals surface area contributed by atoms with Gasteiger partial charge in [-0.05, 0) is 61.3 Å². The maximum absolute atomic E-state index is 13.4. The number of carbonyl (C=O) groups excluding carboxylic acids is 1. The van der Waals surface area contributed by atoms with Gasteiger partial charge in [0.05, 0.1) is 22.8 Å². The highest BCUT2D eigenvalue weighted by Crippen LogP contribution is 2.50. The van der Waals surface area contributed by atoms with Crippen LogP contribution in [-0.2, 0) is 12.0 Å². The molecule has 0 bridgehead atoms. The average Bonchev–Trinajstić information content (AvgIpc) is 3.57. The number of hydrogen-bond donors (Lipinski definition) is 2. The molecule has 1 fully saturated rings. The highest BCUT2D eigenvalue weighted by molar-refractivity contribution is 7.99. The zero-order valence-corrected chi connectivity index (χ0v) is 22.0. The predicted octanol–water partition coefficient (Wildman–Crippen LogP) is 6.56. The Bertz CT molecular complexity index is 1210. The molecule has 0 atom stereocenters. The number of fused-ring (bicyclic) bond motifs is 2. The summed E-state index contributed by atoms with van der Waals surface area (Å²) < 4.78 is 0. The third-order valence-corrected chi connectivity index (χ3v) is 8.28. The molecule has 1 aliphatic carbocycles. The number of aromatic nitrogens is 3. The molecular formula is C28H35N5OS. The molecule has 3 aromatic rings. The van der Waals surface area contributed by atoms with Gasteiger partial charge in [-0.2, -0.15) is 5.10 Å². The van der Waals surface area contributed by atoms with Crippen LogP contribution in [0.2, 0.25) is 0 Å². The number of carbonyl (C=O) groups is 1. The Morgan fingerprint density at radius 3 is 2.60 bits per heavy atom. The minimum atomic E-state index is -0.0443. The number of nitrogens with one attached hydrogen (secondary N) is 2. The first-order chi connectivity index (χ1) is 16.9. The van der Waals surface area contributed by atoms with Crippen molar-refractivity contribution in [2.75, 3.05) is 17.2 Å². The van der Waals surface area contributed by atoms with E-state index >= 15 is 0 Å². The predicted molar refractivity (Wildman–Crippen MR) is 143 cm³/mol. The number of aromatic amines is 1. The summed E-state index contributed by atoms with van der Waals surface area (Å²) in [7, 11) is 0. The highest BCUT2D eigenvalue weighted by Gasteiger charge is 2.48. The van der Waals surface area contributed by atoms with Crippen molar-refractivity contribution in [2.24, 2.45) is 0 Å². The summed E-state index contributed by atoms with van der Waals surface area (Å²) in [6.45, 7) is 9.76. The monoisotopic (exact) mass is 489 g/mol. The Labute approximate surface area is 212 Å². The van der Waals surface area contributed by atoms with E-state index < -0.39 is 0 Å². The third-order valence-electron chi connectivity index (χ3n) is 7.39. The number of aryl methyl sites for hydroxylation is 1. The maximum Gasteiger partial charge on any atom is 0.322 e. The summed E-state index contributed by atoms with van der Waals surface area (Å²) >= 11 is 1.83. The van der Waals surface area contributed by atoms with Crippen LogP contribution in [0.3, 0.4) is 0 Å². The standard InChI is InChI=1S/C28H35N5OS/c1-5-35-21-10-8-20(9-11-21)16-29-27(34)33-17-28(14-6-7-15-28)26-23(33)13-12-22(30-26)24-19(4)31-32-25(24)18(2)3/h8-13,18H,5-7,14-17H2,1-4H3,(H,29,34)(H,31,32). The lowest BCUT2D eigenvalue weighted by Gasteiger charge is -2.24. The van der Waals surface area contributed by atoms with Crippen molar-refractivity contribution >= 4 is 23.5 Å². The zero-order chi connectivity index (χ0) is 24.6. The van der Waals surface area contributed by atoms with Crippen molar-refractivity contribution in [3.05, 3.63) is 59.0 Å². The van der Waals surface area contributed by atoms with E-state index in [0.717, 1.165) is 58.2 Å². The van der Waals surface area contributed by atoms with E-state index in [0.29, 0.717) is 19.0 Å². The summed E-state index contributed by atoms with van der Waals surface area (Å²) in [4.78, 5) is 21.8. The molecular weight excluding hydrogens is 454 g/mol. The van der Waals surface area contributed by atoms with Gasteiger partial charge in [-0.3, -0.25) is 10.00 Å². The van der Waals surface area contributed by atoms with E-state index in [1.165, 1.54) is 17.7 Å². The summed E-state index contributed by atoms with van der Waals surface area (Å²) in [5.41, 5.74) is 7.25. The molecule has 6 nitrogen and oxygen atoms in total. The second-order valence-corrected chi connectivity index (χ2v) is 11.5. The molecule has 1 aliphatic heterocycles. The van der Waals surface area contributed by atoms with E-state index in [1.54, 1.807) is 0 Å². The molecule has 35 heavy (non-hydrogen) atoms. The Hall–Kier alpha value is -2.80. The topological polar surface area (TPSA) is 73.9 Å². The number of rotatable bonds is 6. The lowest BCUT2D eigenvalue weighted by Crippen LogP contribution is -2.41. The van der Waals surface area contributed by atoms with Gasteiger partial charge in [0.2, 0.25) is 0 Å². The van der Waals surface area contributed by atoms with Crippen LogP contribution in [0, 0.1) is 6.92 Å². The van der Waals surface area contributed by atoms with Crippen molar-refractivity contribution in [3.63, 3.8) is 0 Å². The van der Waals surface area contributed by atoms with Gasteiger partial charge in [0, 0.05) is 34.7 Å². The van der Waals surface area contributed by atoms with Gasteiger partial charge in [-0.25, -0.2) is 9.78 Å². The van der Waals surface area contributed by atoms with Gasteiger partial charge in [-0.1, -0.05) is 45.7 Å². The van der Waals surface area contributed by atoms with Crippen LogP contribution in [0.25, 0.3) is 11.3 Å². The molecule has 0 radical (unpaired) electrons. The van der Waals surface area contributed by atoms with E-state index in [2.05, 4.69) is 79.6 Å². The van der Waals surface area contributed by atoms with Crippen LogP contribution in [0.15, 0.2) is 41.3 Å². The third kappa shape index (κ3) is 4.46. The molecule has 0 unspecified atom stereocenters. The molecule has 2 N–H and O–H groups in total. The second-order valence-electron chi connectivity index (χ2n) is 10.1. The highest BCUT2D eigenvalue weighted by atomic mass is 32.2. The van der Waals surface area contributed by atoms with Crippen molar-refractivity contribution in [1.82, 2.24) is 20.5 Å². The van der Waals surface area contributed by atoms with Crippen molar-refractivity contribution in [3.8, 4) is 11.3 Å². The van der Waals surface area contributed by atoms with Crippen molar-refractivity contribution in [1.29, 1.82) is 0 Å². The van der Waals surface area contributed by atoms with E-state index in [1.807, 2.05) is 16.7 Å². The first-order valence-electron chi connectivity index (χ1n) is 12.8. The van der Waals surface area contributed by atoms with Crippen LogP contribution in [0.1, 0.15) is 75.0 Å². The molecule has 3 heterocycles. The van der Waals surface area contributed by atoms with Crippen LogP contribution in [-0.4, -0.2) is 33.5 Å². The number of anilines is 1. The zero-order valence-electron chi connectivity index (χ0n) is 21.1. The molecule has 2 amide bonds. The Morgan fingerprint density at radius 1 is 1.17 bits per heavy atom. The fraction of sp³-hybridized carbons (Fsp3) is 0.464. The van der Waals surface area contributed by atoms with Crippen LogP contribution in [0.4, 0.5) is 10.5 Å². The van der Waals surface area contributed by atoms with E-state index in [-0.39, 0.29) is 11.4 Å². The summed E-state index contributed by atoms with van der Waals surface area (Å²) in [5.74, 6) is 1.36. The summed E-state index contributed by atoms with van der Waals surface area (Å²) in [6.07, 6.45) is 4.53. The first kappa shape index (κ1) is 23.9. The quantitative estimate of drug-likeness (QED) is 0.385. The van der Waals surface area contributed by atoms with E-state index in [9.17, 15) is 4.79 Å². The Kier molecular flexibility index (Phi) is 6.62. The fourth-order valence-corrected chi connectivity index (χ4v) is 6.28. The molecule has 184 valence electrons. The first-order valence-corrected chi connectivity index (χ1v) is 13.7. The molecule has 0 saturated heterocycles. The normalized spacial score (nSPS) is 16.3. The molecule has 1 spiro atoms. The van der Waals surface area contributed by atoms with Crippen LogP contribution in [0.5, 0.6) is 0 Å². The molecule has 5 rings (SSSR count). The number of amides is 2. The van der Waals surface area contributed by atoms with Gasteiger partial charge >= 0.3 is 6.03 Å². The fourth-order valence-electron chi connectivity index (χ4n) is 5.62. The number of hydrogen-bond acceptors (Lipinski definition) is 4. The molecule has 2 aromatic heterocycles. The smallest absolute Gasteiger partial charge is 0.322 e. The number of pyridine rings is 1. The van der Waals surface area contributed by atoms with Crippen molar-refractivity contribution in [2.45, 2.75) is 76.2 Å². The summed E-state index contributed by atoms with van der Waals surface area (Å²) in [5, 5.41) is 10.8. The number of thioether (sulfide) groups is 1. The Morgan fingerprint density at radius 2 is 1.91 bits per heavy atom. The molecule has 1 aromatic carbocycles. The number of H-pyrrole nitrogens is 1. The van der Waals surface area contributed by atoms with Gasteiger partial charge in [0.15, 0.2) is 0 Å². The Balaban J connectivity index is 1.41. The van der Waals surface area contributed by atoms with Gasteiger partial charge < -0.3 is 5.32 Å². The van der Waals surface area contributed by atoms with Crippen LogP contribution < -0.4 is 10.2 Å². The van der Waals surface area contributed by atoms with Gasteiger partial charge in [0.25, 0.3) is 0 Å². The number of benzene rings is 1. The van der Waals surface area contributed by atoms with Gasteiger partial charge in [0.1, 0.15) is 0 Å². The van der Waals surface area contributed by atoms with Crippen molar-refractivity contribution < 1.29 is 4.79 Å².